The van der Waals surface area contributed by atoms with Crippen molar-refractivity contribution in [3.8, 4) is 22.6 Å². The molecule has 0 atom stereocenters. The van der Waals surface area contributed by atoms with E-state index in [0.717, 1.165) is 11.1 Å². The molecule has 0 spiro atoms. The van der Waals surface area contributed by atoms with E-state index >= 15 is 0 Å². The fourth-order valence-electron chi connectivity index (χ4n) is 2.90. The Hall–Kier alpha value is -3.14. The van der Waals surface area contributed by atoms with Crippen LogP contribution in [0.3, 0.4) is 0 Å². The normalized spacial score (nSPS) is 12.8. The van der Waals surface area contributed by atoms with Crippen LogP contribution in [0.25, 0.3) is 21.9 Å². The predicted molar refractivity (Wildman–Crippen MR) is 84.6 cm³/mol. The van der Waals surface area contributed by atoms with Crippen LogP contribution in [0.5, 0.6) is 11.5 Å². The maximum atomic E-state index is 12.0. The first-order valence-electron chi connectivity index (χ1n) is 6.82. The maximum absolute atomic E-state index is 12.0. The van der Waals surface area contributed by atoms with Crippen molar-refractivity contribution < 1.29 is 15.0 Å². The summed E-state index contributed by atoms with van der Waals surface area (Å²) in [6.45, 7) is 0. The summed E-state index contributed by atoms with van der Waals surface area (Å²) in [5.41, 5.74) is 2.72. The Morgan fingerprint density at radius 2 is 1.59 bits per heavy atom. The van der Waals surface area contributed by atoms with Crippen LogP contribution in [0.2, 0.25) is 0 Å². The van der Waals surface area contributed by atoms with Gasteiger partial charge in [0.15, 0.2) is 11.5 Å². The number of hydrogen-bond acceptors (Lipinski definition) is 3. The van der Waals surface area contributed by atoms with Gasteiger partial charge in [0.1, 0.15) is 0 Å². The largest absolute Gasteiger partial charge is 0.504 e. The van der Waals surface area contributed by atoms with E-state index in [1.807, 2.05) is 30.3 Å². The third-order valence-electron chi connectivity index (χ3n) is 3.90. The zero-order valence-electron chi connectivity index (χ0n) is 11.4. The molecule has 2 N–H and O–H groups in total. The first-order valence-corrected chi connectivity index (χ1v) is 6.82. The van der Waals surface area contributed by atoms with Gasteiger partial charge in [0, 0.05) is 22.6 Å². The van der Waals surface area contributed by atoms with E-state index in [2.05, 4.69) is 4.99 Å². The Bertz CT molecular complexity index is 959. The quantitative estimate of drug-likeness (QED) is 0.674. The van der Waals surface area contributed by atoms with Gasteiger partial charge in [-0.05, 0) is 23.3 Å². The molecule has 0 saturated heterocycles. The highest BCUT2D eigenvalue weighted by Crippen LogP contribution is 2.43. The van der Waals surface area contributed by atoms with Crippen molar-refractivity contribution in [2.24, 2.45) is 4.99 Å². The van der Waals surface area contributed by atoms with E-state index in [9.17, 15) is 15.0 Å². The lowest BCUT2D eigenvalue weighted by Crippen LogP contribution is -2.05. The Labute approximate surface area is 126 Å². The Balaban J connectivity index is 2.21. The zero-order valence-corrected chi connectivity index (χ0v) is 11.4. The second-order valence-corrected chi connectivity index (χ2v) is 5.17. The van der Waals surface area contributed by atoms with Crippen LogP contribution in [0.1, 0.15) is 15.9 Å². The van der Waals surface area contributed by atoms with E-state index in [4.69, 9.17) is 0 Å². The number of hydrogen-bond donors (Lipinski definition) is 2. The molecule has 0 saturated carbocycles. The monoisotopic (exact) mass is 289 g/mol. The lowest BCUT2D eigenvalue weighted by Gasteiger charge is -2.16. The third-order valence-corrected chi connectivity index (χ3v) is 3.90. The Morgan fingerprint density at radius 3 is 2.36 bits per heavy atom. The topological polar surface area (TPSA) is 69.9 Å². The molecule has 0 fully saturated rings. The van der Waals surface area contributed by atoms with Gasteiger partial charge in [0.05, 0.1) is 5.56 Å². The second kappa shape index (κ2) is 4.43. The Kier molecular flexibility index (Phi) is 2.53. The van der Waals surface area contributed by atoms with E-state index in [0.29, 0.717) is 21.9 Å². The molecule has 1 aliphatic rings. The van der Waals surface area contributed by atoms with Crippen LogP contribution in [-0.2, 0) is 0 Å². The molecule has 0 aromatic heterocycles. The molecule has 1 heterocycles. The molecule has 4 heteroatoms. The molecular formula is C18H11NO3. The van der Waals surface area contributed by atoms with Crippen molar-refractivity contribution in [2.45, 2.75) is 0 Å². The standard InChI is InChI=1S/C18H11NO3/c20-14-8-11-9-19-18(22)13-7-6-12(10-4-2-1-3-5-10)16(15(11)13)17(14)21/h1-9,20-21H. The van der Waals surface area contributed by atoms with Crippen LogP contribution >= 0.6 is 0 Å². The van der Waals surface area contributed by atoms with Crippen LogP contribution in [0.4, 0.5) is 0 Å². The SMILES string of the molecule is O=C1N=Cc2cc(O)c(O)c3c(-c4ccccc4)ccc1c23. The third kappa shape index (κ3) is 1.64. The zero-order chi connectivity index (χ0) is 15.3. The van der Waals surface area contributed by atoms with E-state index < -0.39 is 0 Å². The van der Waals surface area contributed by atoms with E-state index in [1.54, 1.807) is 12.1 Å². The minimum atomic E-state index is -0.345. The average Bonchev–Trinajstić information content (AvgIpc) is 2.55. The number of nitrogens with zero attached hydrogens (tertiary/aromatic N) is 1. The van der Waals surface area contributed by atoms with Crippen molar-refractivity contribution in [3.63, 3.8) is 0 Å². The number of benzene rings is 3. The van der Waals surface area contributed by atoms with Gasteiger partial charge >= 0.3 is 0 Å². The summed E-state index contributed by atoms with van der Waals surface area (Å²) in [6.07, 6.45) is 1.42. The first kappa shape index (κ1) is 12.6. The molecular weight excluding hydrogens is 278 g/mol. The smallest absolute Gasteiger partial charge is 0.277 e. The van der Waals surface area contributed by atoms with Crippen molar-refractivity contribution in [2.75, 3.05) is 0 Å². The van der Waals surface area contributed by atoms with E-state index in [1.165, 1.54) is 12.3 Å². The molecule has 22 heavy (non-hydrogen) atoms. The summed E-state index contributed by atoms with van der Waals surface area (Å²) in [4.78, 5) is 15.8. The molecule has 1 amide bonds. The molecule has 0 unspecified atom stereocenters. The van der Waals surface area contributed by atoms with Gasteiger partial charge in [0.2, 0.25) is 0 Å². The van der Waals surface area contributed by atoms with Gasteiger partial charge in [-0.2, -0.15) is 0 Å². The molecule has 0 aliphatic carbocycles. The number of aromatic hydroxyl groups is 2. The molecule has 1 aliphatic heterocycles. The molecule has 3 aromatic carbocycles. The average molecular weight is 289 g/mol. The highest BCUT2D eigenvalue weighted by molar-refractivity contribution is 6.23. The second-order valence-electron chi connectivity index (χ2n) is 5.17. The molecule has 0 radical (unpaired) electrons. The fourth-order valence-corrected chi connectivity index (χ4v) is 2.90. The number of aliphatic imine (C=N–C) groups is 1. The summed E-state index contributed by atoms with van der Waals surface area (Å²) in [6, 6.07) is 14.4. The minimum Gasteiger partial charge on any atom is -0.504 e. The summed E-state index contributed by atoms with van der Waals surface area (Å²) in [7, 11) is 0. The number of carbonyl (C=O) groups excluding carboxylic acids is 1. The van der Waals surface area contributed by atoms with Gasteiger partial charge in [-0.25, -0.2) is 4.99 Å². The van der Waals surface area contributed by atoms with Gasteiger partial charge in [-0.3, -0.25) is 4.79 Å². The van der Waals surface area contributed by atoms with Gasteiger partial charge in [-0.15, -0.1) is 0 Å². The van der Waals surface area contributed by atoms with Crippen LogP contribution in [0.15, 0.2) is 53.5 Å². The lowest BCUT2D eigenvalue weighted by molar-refractivity contribution is 0.100. The summed E-state index contributed by atoms with van der Waals surface area (Å²) in [5, 5.41) is 21.4. The van der Waals surface area contributed by atoms with Crippen molar-refractivity contribution in [3.05, 3.63) is 59.7 Å². The predicted octanol–water partition coefficient (Wildman–Crippen LogP) is 3.49. The number of rotatable bonds is 1. The molecule has 4 nitrogen and oxygen atoms in total. The van der Waals surface area contributed by atoms with Crippen molar-refractivity contribution >= 4 is 22.9 Å². The Morgan fingerprint density at radius 1 is 0.864 bits per heavy atom. The number of amides is 1. The fraction of sp³-hybridized carbons (Fsp3) is 0. The van der Waals surface area contributed by atoms with Crippen molar-refractivity contribution in [1.82, 2.24) is 0 Å². The molecule has 4 rings (SSSR count). The highest BCUT2D eigenvalue weighted by atomic mass is 16.3. The summed E-state index contributed by atoms with van der Waals surface area (Å²) >= 11 is 0. The van der Waals surface area contributed by atoms with Crippen LogP contribution in [-0.4, -0.2) is 22.3 Å². The van der Waals surface area contributed by atoms with Crippen LogP contribution < -0.4 is 0 Å². The van der Waals surface area contributed by atoms with Gasteiger partial charge in [-0.1, -0.05) is 36.4 Å². The number of phenols is 2. The minimum absolute atomic E-state index is 0.220. The molecule has 3 aromatic rings. The van der Waals surface area contributed by atoms with Crippen molar-refractivity contribution in [1.29, 1.82) is 0 Å². The summed E-state index contributed by atoms with van der Waals surface area (Å²) in [5.74, 6) is -0.789. The highest BCUT2D eigenvalue weighted by Gasteiger charge is 2.22. The molecule has 0 bridgehead atoms. The molecule has 106 valence electrons. The number of phenolic OH excluding ortho intramolecular Hbond substituents is 2. The van der Waals surface area contributed by atoms with Gasteiger partial charge in [0.25, 0.3) is 5.91 Å². The van der Waals surface area contributed by atoms with Crippen LogP contribution in [0, 0.1) is 0 Å². The van der Waals surface area contributed by atoms with E-state index in [-0.39, 0.29) is 17.4 Å². The maximum Gasteiger partial charge on any atom is 0.277 e. The number of carbonyl (C=O) groups is 1. The summed E-state index contributed by atoms with van der Waals surface area (Å²) < 4.78 is 0. The lowest BCUT2D eigenvalue weighted by atomic mass is 9.90. The first-order chi connectivity index (χ1) is 10.7. The van der Waals surface area contributed by atoms with Gasteiger partial charge < -0.3 is 10.2 Å².